The number of amides is 2. The Morgan fingerprint density at radius 1 is 0.769 bits per heavy atom. The third-order valence-corrected chi connectivity index (χ3v) is 6.52. The SMILES string of the molecule is C[C@H]1CCC[NH+](CC(=O)N2CCN(C(=O)C[NH+]3CCC[C@H](C)C3)CC2)C1. The number of nitrogens with one attached hydrogen (secondary N) is 2. The molecule has 0 aromatic carbocycles. The smallest absolute Gasteiger partial charge is 0.277 e. The van der Waals surface area contributed by atoms with Gasteiger partial charge < -0.3 is 19.6 Å². The van der Waals surface area contributed by atoms with Gasteiger partial charge in [-0.05, 0) is 25.7 Å². The summed E-state index contributed by atoms with van der Waals surface area (Å²) in [4.78, 5) is 32.0. The molecule has 148 valence electrons. The summed E-state index contributed by atoms with van der Waals surface area (Å²) in [5.74, 6) is 2.02. The summed E-state index contributed by atoms with van der Waals surface area (Å²) in [6.07, 6.45) is 5.08. The normalized spacial score (nSPS) is 33.2. The molecule has 0 aromatic rings. The van der Waals surface area contributed by atoms with Gasteiger partial charge in [-0.3, -0.25) is 9.59 Å². The van der Waals surface area contributed by atoms with E-state index < -0.39 is 0 Å². The first-order valence-corrected chi connectivity index (χ1v) is 10.7. The number of quaternary nitrogens is 2. The van der Waals surface area contributed by atoms with Crippen LogP contribution < -0.4 is 9.80 Å². The van der Waals surface area contributed by atoms with Gasteiger partial charge in [0.15, 0.2) is 13.1 Å². The lowest BCUT2D eigenvalue weighted by atomic mass is 10.0. The van der Waals surface area contributed by atoms with Crippen LogP contribution in [0.4, 0.5) is 0 Å². The van der Waals surface area contributed by atoms with Crippen molar-refractivity contribution in [3.63, 3.8) is 0 Å². The van der Waals surface area contributed by atoms with E-state index in [1.54, 1.807) is 0 Å². The summed E-state index contributed by atoms with van der Waals surface area (Å²) in [6.45, 7) is 13.2. The second kappa shape index (κ2) is 9.18. The molecule has 3 rings (SSSR count). The van der Waals surface area contributed by atoms with E-state index in [4.69, 9.17) is 0 Å². The zero-order valence-corrected chi connectivity index (χ0v) is 16.8. The fraction of sp³-hybridized carbons (Fsp3) is 0.900. The lowest BCUT2D eigenvalue weighted by Crippen LogP contribution is -3.14. The first kappa shape index (κ1) is 19.6. The number of carbonyl (C=O) groups excluding carboxylic acids is 2. The molecule has 2 amide bonds. The molecular formula is C20H38N4O2+2. The van der Waals surface area contributed by atoms with Crippen LogP contribution in [0.1, 0.15) is 39.5 Å². The minimum atomic E-state index is 0.275. The molecule has 0 spiro atoms. The minimum Gasteiger partial charge on any atom is -0.334 e. The summed E-state index contributed by atoms with van der Waals surface area (Å²) in [5.41, 5.74) is 0. The zero-order chi connectivity index (χ0) is 18.5. The highest BCUT2D eigenvalue weighted by atomic mass is 16.2. The molecule has 26 heavy (non-hydrogen) atoms. The van der Waals surface area contributed by atoms with E-state index in [2.05, 4.69) is 13.8 Å². The second-order valence-electron chi connectivity index (χ2n) is 9.02. The number of rotatable bonds is 4. The van der Waals surface area contributed by atoms with Gasteiger partial charge in [0.05, 0.1) is 26.2 Å². The highest BCUT2D eigenvalue weighted by molar-refractivity contribution is 5.79. The average Bonchev–Trinajstić information content (AvgIpc) is 2.62. The van der Waals surface area contributed by atoms with E-state index in [0.717, 1.165) is 38.0 Å². The average molecular weight is 367 g/mol. The highest BCUT2D eigenvalue weighted by Gasteiger charge is 2.30. The lowest BCUT2D eigenvalue weighted by Gasteiger charge is -2.36. The second-order valence-corrected chi connectivity index (χ2v) is 9.02. The van der Waals surface area contributed by atoms with Crippen molar-refractivity contribution >= 4 is 11.8 Å². The van der Waals surface area contributed by atoms with Crippen molar-refractivity contribution in [3.8, 4) is 0 Å². The molecule has 2 unspecified atom stereocenters. The Kier molecular flexibility index (Phi) is 6.92. The first-order valence-electron chi connectivity index (χ1n) is 10.7. The Balaban J connectivity index is 1.39. The standard InChI is InChI=1S/C20H36N4O2/c1-17-5-3-7-21(13-17)15-19(25)23-9-11-24(12-10-23)20(26)16-22-8-4-6-18(2)14-22/h17-18H,3-16H2,1-2H3/p+2/t17-,18-/m0/s1. The molecule has 0 aliphatic carbocycles. The molecule has 0 saturated carbocycles. The fourth-order valence-corrected chi connectivity index (χ4v) is 4.97. The summed E-state index contributed by atoms with van der Waals surface area (Å²) in [7, 11) is 0. The molecule has 6 nitrogen and oxygen atoms in total. The predicted octanol–water partition coefficient (Wildman–Crippen LogP) is -1.71. The van der Waals surface area contributed by atoms with Crippen LogP contribution in [0, 0.1) is 11.8 Å². The van der Waals surface area contributed by atoms with Crippen molar-refractivity contribution in [2.45, 2.75) is 39.5 Å². The van der Waals surface area contributed by atoms with Crippen LogP contribution in [0.5, 0.6) is 0 Å². The number of hydrogen-bond acceptors (Lipinski definition) is 2. The van der Waals surface area contributed by atoms with E-state index in [-0.39, 0.29) is 11.8 Å². The van der Waals surface area contributed by atoms with Crippen molar-refractivity contribution in [2.24, 2.45) is 11.8 Å². The molecule has 4 atom stereocenters. The summed E-state index contributed by atoms with van der Waals surface area (Å²) >= 11 is 0. The van der Waals surface area contributed by atoms with Gasteiger partial charge in [-0.1, -0.05) is 13.8 Å². The van der Waals surface area contributed by atoms with Gasteiger partial charge in [0.1, 0.15) is 0 Å². The van der Waals surface area contributed by atoms with Gasteiger partial charge in [-0.2, -0.15) is 0 Å². The molecule has 2 N–H and O–H groups in total. The van der Waals surface area contributed by atoms with Crippen molar-refractivity contribution in [2.75, 3.05) is 65.4 Å². The Bertz CT molecular complexity index is 446. The van der Waals surface area contributed by atoms with Crippen LogP contribution in [0.15, 0.2) is 0 Å². The Labute approximate surface area is 158 Å². The van der Waals surface area contributed by atoms with E-state index in [1.165, 1.54) is 35.5 Å². The van der Waals surface area contributed by atoms with Crippen LogP contribution in [0.25, 0.3) is 0 Å². The molecular weight excluding hydrogens is 328 g/mol. The first-order chi connectivity index (χ1) is 12.5. The lowest BCUT2D eigenvalue weighted by molar-refractivity contribution is -0.901. The van der Waals surface area contributed by atoms with Gasteiger partial charge in [0.2, 0.25) is 0 Å². The predicted molar refractivity (Wildman–Crippen MR) is 101 cm³/mol. The van der Waals surface area contributed by atoms with Crippen LogP contribution in [-0.2, 0) is 9.59 Å². The molecule has 3 heterocycles. The van der Waals surface area contributed by atoms with Crippen molar-refractivity contribution in [1.82, 2.24) is 9.80 Å². The van der Waals surface area contributed by atoms with E-state index >= 15 is 0 Å². The van der Waals surface area contributed by atoms with Gasteiger partial charge in [0.25, 0.3) is 11.8 Å². The topological polar surface area (TPSA) is 49.5 Å². The van der Waals surface area contributed by atoms with Crippen LogP contribution >= 0.6 is 0 Å². The highest BCUT2D eigenvalue weighted by Crippen LogP contribution is 2.07. The molecule has 0 aromatic heterocycles. The molecule has 3 saturated heterocycles. The monoisotopic (exact) mass is 366 g/mol. The third kappa shape index (κ3) is 5.43. The van der Waals surface area contributed by atoms with Crippen molar-refractivity contribution < 1.29 is 19.4 Å². The van der Waals surface area contributed by atoms with Crippen LogP contribution in [0.3, 0.4) is 0 Å². The van der Waals surface area contributed by atoms with Crippen molar-refractivity contribution in [3.05, 3.63) is 0 Å². The maximum absolute atomic E-state index is 12.6. The van der Waals surface area contributed by atoms with Gasteiger partial charge in [-0.15, -0.1) is 0 Å². The van der Waals surface area contributed by atoms with E-state index in [1.807, 2.05) is 9.80 Å². The fourth-order valence-electron chi connectivity index (χ4n) is 4.97. The maximum atomic E-state index is 12.6. The summed E-state index contributed by atoms with van der Waals surface area (Å²) in [6, 6.07) is 0. The number of hydrogen-bond donors (Lipinski definition) is 2. The van der Waals surface area contributed by atoms with E-state index in [9.17, 15) is 9.59 Å². The van der Waals surface area contributed by atoms with Gasteiger partial charge >= 0.3 is 0 Å². The van der Waals surface area contributed by atoms with Gasteiger partial charge in [-0.25, -0.2) is 0 Å². The number of carbonyl (C=O) groups is 2. The quantitative estimate of drug-likeness (QED) is 0.622. The number of likely N-dealkylation sites (tertiary alicyclic amines) is 2. The number of piperazine rings is 1. The molecule has 3 fully saturated rings. The largest absolute Gasteiger partial charge is 0.334 e. The van der Waals surface area contributed by atoms with Crippen LogP contribution in [-0.4, -0.2) is 87.1 Å². The molecule has 3 aliphatic heterocycles. The van der Waals surface area contributed by atoms with Crippen molar-refractivity contribution in [1.29, 1.82) is 0 Å². The Hall–Kier alpha value is -1.14. The molecule has 6 heteroatoms. The Morgan fingerprint density at radius 3 is 1.50 bits per heavy atom. The maximum Gasteiger partial charge on any atom is 0.277 e. The number of nitrogens with zero attached hydrogens (tertiary/aromatic N) is 2. The van der Waals surface area contributed by atoms with E-state index in [0.29, 0.717) is 39.3 Å². The number of piperidine rings is 2. The molecule has 3 aliphatic rings. The summed E-state index contributed by atoms with van der Waals surface area (Å²) < 4.78 is 0. The molecule has 0 radical (unpaired) electrons. The third-order valence-electron chi connectivity index (χ3n) is 6.52. The minimum absolute atomic E-state index is 0.275. The van der Waals surface area contributed by atoms with Crippen LogP contribution in [0.2, 0.25) is 0 Å². The Morgan fingerprint density at radius 2 is 1.15 bits per heavy atom. The summed E-state index contributed by atoms with van der Waals surface area (Å²) in [5, 5.41) is 0. The molecule has 0 bridgehead atoms. The van der Waals surface area contributed by atoms with Gasteiger partial charge in [0, 0.05) is 38.0 Å². The zero-order valence-electron chi connectivity index (χ0n) is 16.8.